The van der Waals surface area contributed by atoms with E-state index < -0.39 is 35.7 Å². The molecule has 0 unspecified atom stereocenters. The van der Waals surface area contributed by atoms with Crippen LogP contribution in [0.15, 0.2) is 0 Å². The first-order chi connectivity index (χ1) is 9.17. The lowest BCUT2D eigenvalue weighted by Gasteiger charge is -2.35. The minimum atomic E-state index is -1.13. The van der Waals surface area contributed by atoms with Gasteiger partial charge in [0.25, 0.3) is 0 Å². The Bertz CT molecular complexity index is 395. The van der Waals surface area contributed by atoms with Crippen LogP contribution >= 0.6 is 0 Å². The predicted molar refractivity (Wildman–Crippen MR) is 68.8 cm³/mol. The fourth-order valence-corrected chi connectivity index (χ4v) is 3.27. The summed E-state index contributed by atoms with van der Waals surface area (Å²) in [5, 5.41) is 11.0. The van der Waals surface area contributed by atoms with Gasteiger partial charge >= 0.3 is 0 Å². The van der Waals surface area contributed by atoms with Crippen LogP contribution < -0.4 is 0 Å². The maximum atomic E-state index is 11.0. The molecule has 3 heterocycles. The van der Waals surface area contributed by atoms with Crippen LogP contribution in [0.3, 0.4) is 0 Å². The molecule has 3 aliphatic heterocycles. The fourth-order valence-electron chi connectivity index (χ4n) is 3.27. The molecule has 3 aliphatic rings. The number of aliphatic hydroxyl groups is 1. The summed E-state index contributed by atoms with van der Waals surface area (Å²) in [6.45, 7) is 9.64. The molecule has 0 bridgehead atoms. The van der Waals surface area contributed by atoms with Gasteiger partial charge in [0.2, 0.25) is 0 Å². The lowest BCUT2D eigenvalue weighted by Crippen LogP contribution is -2.53. The highest BCUT2D eigenvalue weighted by Gasteiger charge is 2.65. The zero-order valence-electron chi connectivity index (χ0n) is 12.7. The first-order valence-corrected chi connectivity index (χ1v) is 7.22. The highest BCUT2D eigenvalue weighted by Crippen LogP contribution is 2.47. The van der Waals surface area contributed by atoms with Crippen LogP contribution in [0.4, 0.5) is 0 Å². The molecule has 0 spiro atoms. The van der Waals surface area contributed by atoms with E-state index in [1.54, 1.807) is 0 Å². The van der Waals surface area contributed by atoms with E-state index in [1.165, 1.54) is 0 Å². The van der Waals surface area contributed by atoms with Crippen LogP contribution in [0.5, 0.6) is 0 Å². The second-order valence-electron chi connectivity index (χ2n) is 6.69. The number of hydrogen-bond acceptors (Lipinski definition) is 6. The molecule has 0 radical (unpaired) electrons. The molecule has 6 nitrogen and oxygen atoms in total. The normalized spacial score (nSPS) is 49.5. The van der Waals surface area contributed by atoms with E-state index in [9.17, 15) is 5.11 Å². The molecule has 5 atom stereocenters. The van der Waals surface area contributed by atoms with E-state index in [1.807, 2.05) is 34.6 Å². The molecule has 116 valence electrons. The van der Waals surface area contributed by atoms with Crippen molar-refractivity contribution < 1.29 is 28.8 Å². The monoisotopic (exact) mass is 288 g/mol. The van der Waals surface area contributed by atoms with E-state index >= 15 is 0 Å². The van der Waals surface area contributed by atoms with E-state index in [4.69, 9.17) is 23.7 Å². The molecule has 20 heavy (non-hydrogen) atoms. The molecular weight excluding hydrogens is 264 g/mol. The Morgan fingerprint density at radius 2 is 1.70 bits per heavy atom. The van der Waals surface area contributed by atoms with E-state index in [2.05, 4.69) is 0 Å². The van der Waals surface area contributed by atoms with Crippen LogP contribution in [-0.2, 0) is 23.7 Å². The highest BCUT2D eigenvalue weighted by molar-refractivity contribution is 5.07. The number of hydrogen-bond donors (Lipinski definition) is 1. The van der Waals surface area contributed by atoms with Crippen LogP contribution in [0.2, 0.25) is 0 Å². The van der Waals surface area contributed by atoms with Crippen LogP contribution in [0.25, 0.3) is 0 Å². The van der Waals surface area contributed by atoms with Crippen molar-refractivity contribution in [2.75, 3.05) is 6.61 Å². The molecule has 3 fully saturated rings. The minimum Gasteiger partial charge on any atom is -0.384 e. The summed E-state index contributed by atoms with van der Waals surface area (Å²) in [6, 6.07) is 0. The molecule has 0 aromatic rings. The molecule has 0 aromatic carbocycles. The van der Waals surface area contributed by atoms with Crippen LogP contribution in [0, 0.1) is 0 Å². The average Bonchev–Trinajstić information content (AvgIpc) is 2.91. The number of ether oxygens (including phenoxy) is 5. The van der Waals surface area contributed by atoms with Gasteiger partial charge in [0, 0.05) is 0 Å². The maximum Gasteiger partial charge on any atom is 0.190 e. The summed E-state index contributed by atoms with van der Waals surface area (Å²) in [5.74, 6) is -1.39. The van der Waals surface area contributed by atoms with Crippen molar-refractivity contribution in [3.8, 4) is 0 Å². The van der Waals surface area contributed by atoms with Crippen molar-refractivity contribution in [3.63, 3.8) is 0 Å². The van der Waals surface area contributed by atoms with Gasteiger partial charge in [-0.3, -0.25) is 0 Å². The Hall–Kier alpha value is -0.240. The Labute approximate surface area is 119 Å². The van der Waals surface area contributed by atoms with Gasteiger partial charge in [-0.2, -0.15) is 0 Å². The van der Waals surface area contributed by atoms with Gasteiger partial charge in [0.1, 0.15) is 23.9 Å². The van der Waals surface area contributed by atoms with Crippen molar-refractivity contribution in [1.29, 1.82) is 0 Å². The molecule has 1 N–H and O–H groups in total. The number of fused-ring (bicyclic) bond motifs is 1. The van der Waals surface area contributed by atoms with E-state index in [0.717, 1.165) is 0 Å². The summed E-state index contributed by atoms with van der Waals surface area (Å²) in [7, 11) is 0. The van der Waals surface area contributed by atoms with Crippen molar-refractivity contribution in [3.05, 3.63) is 0 Å². The van der Waals surface area contributed by atoms with E-state index in [0.29, 0.717) is 13.0 Å². The fraction of sp³-hybridized carbons (Fsp3) is 1.00. The predicted octanol–water partition coefficient (Wildman–Crippen LogP) is 1.16. The SMILES string of the molecule is CC[C@]1(O)[C@@H]([C@H]2COC(C)(C)O2)O[C@@H]2OC(C)(C)O[C@@H]21. The lowest BCUT2D eigenvalue weighted by molar-refractivity contribution is -0.248. The standard InChI is InChI=1S/C14H24O6/c1-6-14(15)9(8-7-16-12(2,3)18-8)17-11-10(14)19-13(4,5)20-11/h8-11,15H,6-7H2,1-5H3/t8-,9-,10+,11-,14+/m1/s1. The Balaban J connectivity index is 1.81. The first-order valence-electron chi connectivity index (χ1n) is 7.22. The van der Waals surface area contributed by atoms with Crippen molar-refractivity contribution in [1.82, 2.24) is 0 Å². The number of rotatable bonds is 2. The summed E-state index contributed by atoms with van der Waals surface area (Å²) in [6.07, 6.45) is -1.40. The van der Waals surface area contributed by atoms with Crippen molar-refractivity contribution in [2.45, 2.75) is 82.8 Å². The van der Waals surface area contributed by atoms with Gasteiger partial charge in [-0.15, -0.1) is 0 Å². The molecule has 0 aromatic heterocycles. The third-order valence-electron chi connectivity index (χ3n) is 4.26. The zero-order chi connectivity index (χ0) is 14.8. The maximum absolute atomic E-state index is 11.0. The van der Waals surface area contributed by atoms with Gasteiger partial charge in [-0.1, -0.05) is 6.92 Å². The molecule has 3 rings (SSSR count). The van der Waals surface area contributed by atoms with Crippen molar-refractivity contribution >= 4 is 0 Å². The lowest BCUT2D eigenvalue weighted by atomic mass is 9.87. The van der Waals surface area contributed by atoms with Gasteiger partial charge in [0.15, 0.2) is 17.9 Å². The van der Waals surface area contributed by atoms with E-state index in [-0.39, 0.29) is 6.10 Å². The second-order valence-corrected chi connectivity index (χ2v) is 6.69. The summed E-state index contributed by atoms with van der Waals surface area (Å²) in [5.41, 5.74) is -1.13. The largest absolute Gasteiger partial charge is 0.384 e. The topological polar surface area (TPSA) is 66.4 Å². The Morgan fingerprint density at radius 3 is 2.25 bits per heavy atom. The highest BCUT2D eigenvalue weighted by atomic mass is 16.8. The average molecular weight is 288 g/mol. The summed E-state index contributed by atoms with van der Waals surface area (Å²) < 4.78 is 28.8. The van der Waals surface area contributed by atoms with Gasteiger partial charge in [-0.05, 0) is 34.1 Å². The second kappa shape index (κ2) is 4.38. The smallest absolute Gasteiger partial charge is 0.190 e. The van der Waals surface area contributed by atoms with Crippen molar-refractivity contribution in [2.24, 2.45) is 0 Å². The molecule has 0 aliphatic carbocycles. The Morgan fingerprint density at radius 1 is 1.00 bits per heavy atom. The molecule has 0 amide bonds. The first kappa shape index (κ1) is 14.7. The van der Waals surface area contributed by atoms with Gasteiger partial charge in [0.05, 0.1) is 6.61 Å². The quantitative estimate of drug-likeness (QED) is 0.822. The third-order valence-corrected chi connectivity index (χ3v) is 4.26. The van der Waals surface area contributed by atoms with Crippen LogP contribution in [0.1, 0.15) is 41.0 Å². The minimum absolute atomic E-state index is 0.323. The van der Waals surface area contributed by atoms with Gasteiger partial charge < -0.3 is 28.8 Å². The molecule has 6 heteroatoms. The molecule has 0 saturated carbocycles. The third kappa shape index (κ3) is 2.19. The molecule has 3 saturated heterocycles. The Kier molecular flexibility index (Phi) is 3.22. The molecular formula is C14H24O6. The van der Waals surface area contributed by atoms with Crippen LogP contribution in [-0.4, -0.2) is 53.5 Å². The summed E-state index contributed by atoms with van der Waals surface area (Å²) in [4.78, 5) is 0. The van der Waals surface area contributed by atoms with Gasteiger partial charge in [-0.25, -0.2) is 0 Å². The zero-order valence-corrected chi connectivity index (χ0v) is 12.7. The summed E-state index contributed by atoms with van der Waals surface area (Å²) >= 11 is 0.